The Hall–Kier alpha value is -1.08. The van der Waals surface area contributed by atoms with Gasteiger partial charge in [-0.1, -0.05) is 49.3 Å². The van der Waals surface area contributed by atoms with Gasteiger partial charge in [0, 0.05) is 0 Å². The van der Waals surface area contributed by atoms with Gasteiger partial charge in [-0.05, 0) is 43.8 Å². The van der Waals surface area contributed by atoms with Gasteiger partial charge in [-0.3, -0.25) is 0 Å². The smallest absolute Gasteiger partial charge is 0.0568 e. The first-order valence-corrected chi connectivity index (χ1v) is 6.65. The fraction of sp³-hybridized carbons (Fsp3) is 0.500. The standard InChI is InChI=1S/C16H23N/c1-4-12-6-8-14(10-12)16(3,17)15-9-7-13(5-2)11-15/h6-9H,4-5,10-11,17H2,1-3H3. The fourth-order valence-corrected chi connectivity index (χ4v) is 2.57. The third-order valence-corrected chi connectivity index (χ3v) is 4.12. The first-order chi connectivity index (χ1) is 8.07. The number of rotatable bonds is 4. The van der Waals surface area contributed by atoms with E-state index in [4.69, 9.17) is 5.73 Å². The highest BCUT2D eigenvalue weighted by Crippen LogP contribution is 2.37. The quantitative estimate of drug-likeness (QED) is 0.773. The molecule has 0 amide bonds. The van der Waals surface area contributed by atoms with Crippen molar-refractivity contribution < 1.29 is 0 Å². The molecule has 0 spiro atoms. The van der Waals surface area contributed by atoms with Crippen LogP contribution in [0.4, 0.5) is 0 Å². The summed E-state index contributed by atoms with van der Waals surface area (Å²) >= 11 is 0. The Morgan fingerprint density at radius 2 is 1.35 bits per heavy atom. The Labute approximate surface area is 105 Å². The van der Waals surface area contributed by atoms with Gasteiger partial charge >= 0.3 is 0 Å². The molecular formula is C16H23N. The van der Waals surface area contributed by atoms with E-state index in [-0.39, 0.29) is 5.54 Å². The van der Waals surface area contributed by atoms with Crippen molar-refractivity contribution in [2.24, 2.45) is 5.73 Å². The predicted molar refractivity (Wildman–Crippen MR) is 74.7 cm³/mol. The number of allylic oxidation sites excluding steroid dienone is 6. The topological polar surface area (TPSA) is 26.0 Å². The second-order valence-electron chi connectivity index (χ2n) is 5.30. The van der Waals surface area contributed by atoms with E-state index in [2.05, 4.69) is 45.1 Å². The molecule has 2 aliphatic rings. The van der Waals surface area contributed by atoms with Gasteiger partial charge < -0.3 is 5.73 Å². The molecule has 92 valence electrons. The molecule has 0 saturated heterocycles. The van der Waals surface area contributed by atoms with Crippen LogP contribution in [0, 0.1) is 0 Å². The second-order valence-corrected chi connectivity index (χ2v) is 5.30. The zero-order chi connectivity index (χ0) is 12.5. The number of hydrogen-bond donors (Lipinski definition) is 1. The summed E-state index contributed by atoms with van der Waals surface area (Å²) < 4.78 is 0. The van der Waals surface area contributed by atoms with Crippen LogP contribution in [0.25, 0.3) is 0 Å². The summed E-state index contributed by atoms with van der Waals surface area (Å²) in [5, 5.41) is 0. The van der Waals surface area contributed by atoms with Crippen molar-refractivity contribution >= 4 is 0 Å². The predicted octanol–water partition coefficient (Wildman–Crippen LogP) is 4.04. The van der Waals surface area contributed by atoms with Gasteiger partial charge in [0.25, 0.3) is 0 Å². The summed E-state index contributed by atoms with van der Waals surface area (Å²) in [7, 11) is 0. The average molecular weight is 229 g/mol. The van der Waals surface area contributed by atoms with Gasteiger partial charge in [0.05, 0.1) is 5.54 Å². The Morgan fingerprint density at radius 3 is 1.65 bits per heavy atom. The zero-order valence-corrected chi connectivity index (χ0v) is 11.2. The van der Waals surface area contributed by atoms with Crippen molar-refractivity contribution in [3.63, 3.8) is 0 Å². The van der Waals surface area contributed by atoms with Crippen molar-refractivity contribution in [3.05, 3.63) is 46.6 Å². The molecule has 1 nitrogen and oxygen atoms in total. The maximum Gasteiger partial charge on any atom is 0.0568 e. The summed E-state index contributed by atoms with van der Waals surface area (Å²) in [4.78, 5) is 0. The summed E-state index contributed by atoms with van der Waals surface area (Å²) in [6.07, 6.45) is 13.3. The van der Waals surface area contributed by atoms with Gasteiger partial charge in [-0.2, -0.15) is 0 Å². The molecule has 0 saturated carbocycles. The fourth-order valence-electron chi connectivity index (χ4n) is 2.57. The third-order valence-electron chi connectivity index (χ3n) is 4.12. The monoisotopic (exact) mass is 229 g/mol. The number of nitrogens with two attached hydrogens (primary N) is 1. The molecule has 0 aromatic carbocycles. The van der Waals surface area contributed by atoms with Gasteiger partial charge in [0.2, 0.25) is 0 Å². The van der Waals surface area contributed by atoms with Crippen LogP contribution in [0.5, 0.6) is 0 Å². The summed E-state index contributed by atoms with van der Waals surface area (Å²) in [6.45, 7) is 6.58. The lowest BCUT2D eigenvalue weighted by Gasteiger charge is -2.29. The highest BCUT2D eigenvalue weighted by Gasteiger charge is 2.31. The van der Waals surface area contributed by atoms with Gasteiger partial charge in [0.1, 0.15) is 0 Å². The molecular weight excluding hydrogens is 206 g/mol. The van der Waals surface area contributed by atoms with Crippen molar-refractivity contribution in [2.45, 2.75) is 52.0 Å². The number of hydrogen-bond acceptors (Lipinski definition) is 1. The molecule has 17 heavy (non-hydrogen) atoms. The van der Waals surface area contributed by atoms with E-state index in [1.54, 1.807) is 0 Å². The molecule has 0 atom stereocenters. The first-order valence-electron chi connectivity index (χ1n) is 6.65. The highest BCUT2D eigenvalue weighted by atomic mass is 14.7. The molecule has 0 radical (unpaired) electrons. The molecule has 1 heteroatoms. The average Bonchev–Trinajstić information content (AvgIpc) is 2.98. The van der Waals surface area contributed by atoms with E-state index in [0.29, 0.717) is 0 Å². The van der Waals surface area contributed by atoms with Crippen LogP contribution in [0.15, 0.2) is 46.6 Å². The zero-order valence-electron chi connectivity index (χ0n) is 11.2. The maximum atomic E-state index is 6.56. The van der Waals surface area contributed by atoms with E-state index in [1.807, 2.05) is 0 Å². The van der Waals surface area contributed by atoms with Gasteiger partial charge in [-0.15, -0.1) is 0 Å². The summed E-state index contributed by atoms with van der Waals surface area (Å²) in [6, 6.07) is 0. The molecule has 2 N–H and O–H groups in total. The van der Waals surface area contributed by atoms with Crippen molar-refractivity contribution in [1.82, 2.24) is 0 Å². The Balaban J connectivity index is 2.07. The maximum absolute atomic E-state index is 6.56. The summed E-state index contributed by atoms with van der Waals surface area (Å²) in [5.41, 5.74) is 12.0. The molecule has 0 unspecified atom stereocenters. The Morgan fingerprint density at radius 1 is 0.941 bits per heavy atom. The molecule has 0 aromatic rings. The lowest BCUT2D eigenvalue weighted by atomic mass is 9.82. The Kier molecular flexibility index (Phi) is 3.39. The van der Waals surface area contributed by atoms with Crippen molar-refractivity contribution in [2.75, 3.05) is 0 Å². The summed E-state index contributed by atoms with van der Waals surface area (Å²) in [5.74, 6) is 0. The van der Waals surface area contributed by atoms with Crippen LogP contribution in [0.3, 0.4) is 0 Å². The van der Waals surface area contributed by atoms with Crippen molar-refractivity contribution in [3.8, 4) is 0 Å². The molecule has 0 bridgehead atoms. The van der Waals surface area contributed by atoms with Crippen LogP contribution in [-0.2, 0) is 0 Å². The molecule has 2 aliphatic carbocycles. The van der Waals surface area contributed by atoms with E-state index in [0.717, 1.165) is 25.7 Å². The minimum atomic E-state index is -0.263. The largest absolute Gasteiger partial charge is 0.318 e. The van der Waals surface area contributed by atoms with E-state index < -0.39 is 0 Å². The molecule has 0 heterocycles. The first kappa shape index (κ1) is 12.4. The van der Waals surface area contributed by atoms with Crippen LogP contribution in [0.1, 0.15) is 46.5 Å². The highest BCUT2D eigenvalue weighted by molar-refractivity contribution is 5.47. The van der Waals surface area contributed by atoms with Gasteiger partial charge in [-0.25, -0.2) is 0 Å². The Bertz CT molecular complexity index is 390. The van der Waals surface area contributed by atoms with Gasteiger partial charge in [0.15, 0.2) is 0 Å². The lowest BCUT2D eigenvalue weighted by molar-refractivity contribution is 0.613. The third kappa shape index (κ3) is 2.30. The SMILES string of the molecule is CCC1=CC=C(C(C)(N)C2=CC=C(CC)C2)C1. The lowest BCUT2D eigenvalue weighted by Crippen LogP contribution is -2.40. The normalized spacial score (nSPS) is 20.0. The minimum absolute atomic E-state index is 0.263. The van der Waals surface area contributed by atoms with Crippen LogP contribution in [0.2, 0.25) is 0 Å². The molecule has 0 fully saturated rings. The van der Waals surface area contributed by atoms with Crippen LogP contribution in [-0.4, -0.2) is 5.54 Å². The van der Waals surface area contributed by atoms with Crippen LogP contribution >= 0.6 is 0 Å². The van der Waals surface area contributed by atoms with E-state index in [1.165, 1.54) is 22.3 Å². The molecule has 0 aliphatic heterocycles. The van der Waals surface area contributed by atoms with E-state index >= 15 is 0 Å². The van der Waals surface area contributed by atoms with Crippen molar-refractivity contribution in [1.29, 1.82) is 0 Å². The minimum Gasteiger partial charge on any atom is -0.318 e. The van der Waals surface area contributed by atoms with E-state index in [9.17, 15) is 0 Å². The molecule has 2 rings (SSSR count). The van der Waals surface area contributed by atoms with Crippen LogP contribution < -0.4 is 5.73 Å². The second kappa shape index (κ2) is 4.66. The molecule has 0 aromatic heterocycles.